The van der Waals surface area contributed by atoms with Crippen molar-refractivity contribution in [3.8, 4) is 22.5 Å². The summed E-state index contributed by atoms with van der Waals surface area (Å²) in [6.45, 7) is 36.5. The lowest BCUT2D eigenvalue weighted by atomic mass is 9.89. The highest BCUT2D eigenvalue weighted by Crippen LogP contribution is 2.54. The third-order valence-electron chi connectivity index (χ3n) is 16.4. The van der Waals surface area contributed by atoms with Crippen molar-refractivity contribution in [2.45, 2.75) is 205 Å². The molecule has 4 aromatic rings. The molecule has 2 fully saturated rings. The van der Waals surface area contributed by atoms with Crippen molar-refractivity contribution < 1.29 is 83.4 Å². The molecule has 0 N–H and O–H groups in total. The number of rotatable bonds is 24. The quantitative estimate of drug-likeness (QED) is 0.0132. The zero-order chi connectivity index (χ0) is 67.2. The van der Waals surface area contributed by atoms with Gasteiger partial charge in [-0.1, -0.05) is 123 Å². The maximum Gasteiger partial charge on any atom is 0.332 e. The molecule has 6 rings (SSSR count). The van der Waals surface area contributed by atoms with Crippen molar-refractivity contribution in [1.29, 1.82) is 0 Å². The Morgan fingerprint density at radius 2 is 0.933 bits per heavy atom. The van der Waals surface area contributed by atoms with Crippen LogP contribution in [0.5, 0.6) is 0 Å². The third-order valence-corrected chi connectivity index (χ3v) is 39.9. The van der Waals surface area contributed by atoms with Gasteiger partial charge in [-0.25, -0.2) is 57.4 Å². The Kier molecular flexibility index (Phi) is 29.9. The molecule has 2 aliphatic rings. The van der Waals surface area contributed by atoms with Crippen LogP contribution < -0.4 is 0 Å². The van der Waals surface area contributed by atoms with Gasteiger partial charge in [0.1, 0.15) is 74.9 Å². The van der Waals surface area contributed by atoms with Crippen LogP contribution in [0.2, 0.25) is 33.2 Å². The number of thiol groups is 1. The number of benzene rings is 2. The average molecular weight is 1400 g/mol. The van der Waals surface area contributed by atoms with E-state index in [0.29, 0.717) is 16.6 Å². The summed E-state index contributed by atoms with van der Waals surface area (Å²) in [5.41, 5.74) is 3.00. The number of aromatic nitrogens is 6. The lowest BCUT2D eigenvalue weighted by molar-refractivity contribution is -0.184. The summed E-state index contributed by atoms with van der Waals surface area (Å²) >= 11 is 10.1. The van der Waals surface area contributed by atoms with Gasteiger partial charge >= 0.3 is 23.9 Å². The second-order valence-corrected chi connectivity index (χ2v) is 41.2. The van der Waals surface area contributed by atoms with E-state index in [2.05, 4.69) is 120 Å². The van der Waals surface area contributed by atoms with Gasteiger partial charge in [0, 0.05) is 36.8 Å². The Bertz CT molecular complexity index is 2880. The average Bonchev–Trinajstić information content (AvgIpc) is 2.67. The highest BCUT2D eigenvalue weighted by atomic mass is 79.9. The molecule has 10 unspecified atom stereocenters. The molecule has 10 atom stereocenters. The van der Waals surface area contributed by atoms with E-state index in [0.717, 1.165) is 40.9 Å². The molecule has 89 heavy (non-hydrogen) atoms. The minimum Gasteiger partial charge on any atom is -0.464 e. The summed E-state index contributed by atoms with van der Waals surface area (Å²) in [7, 11) is -3.48. The summed E-state index contributed by atoms with van der Waals surface area (Å²) in [5, 5.41) is 15.7. The molecule has 0 aliphatic carbocycles. The van der Waals surface area contributed by atoms with Crippen LogP contribution in [0.25, 0.3) is 22.5 Å². The van der Waals surface area contributed by atoms with Crippen molar-refractivity contribution >= 4 is 77.5 Å². The van der Waals surface area contributed by atoms with Gasteiger partial charge in [0.25, 0.3) is 0 Å². The van der Waals surface area contributed by atoms with Crippen molar-refractivity contribution in [2.75, 3.05) is 39.6 Å². The zero-order valence-electron chi connectivity index (χ0n) is 54.0. The highest BCUT2D eigenvalue weighted by Gasteiger charge is 2.54. The predicted molar refractivity (Wildman–Crippen MR) is 338 cm³/mol. The summed E-state index contributed by atoms with van der Waals surface area (Å²) in [5.74, 6) is -11.4. The number of alkyl halides is 1. The van der Waals surface area contributed by atoms with Crippen LogP contribution in [0.4, 0.5) is 26.3 Å². The van der Waals surface area contributed by atoms with E-state index < -0.39 is 120 Å². The standard InChI is InChI=1S/C30H44F3N3O6SSi.C21H23BrF3N3O6.C9H22SSi/c1-10-39-26(38)15-41-29-28(36-13-24(34-35-36)21-11-22(31)27(33)23(32)12-21)19(8)25(14-40-20(9)37)42-30(29)43-44(16(2)3,17(4)5)18(6)7;1-4-31-17(30)9-33-20-19(10(2)16(34-21(20)22)8-32-11(3)29)28-7-15(26-27-28)12-5-13(23)18(25)14(24)6-12;1-7(2)11(10,8(3)4)9(5)6/h11-13,16-19,25,28-30H,10,14-15H2,1-9H3;5-7,10,16,19-21H,4,8-9H2,1-3H3;7-10H,1-6H3. The number of hydrogen-bond donors (Lipinski definition) is 1. The first-order valence-electron chi connectivity index (χ1n) is 29.9. The van der Waals surface area contributed by atoms with E-state index in [9.17, 15) is 45.5 Å². The van der Waals surface area contributed by atoms with Gasteiger partial charge in [-0.05, 0) is 71.4 Å². The van der Waals surface area contributed by atoms with E-state index in [1.165, 1.54) is 35.6 Å². The smallest absolute Gasteiger partial charge is 0.332 e. The van der Waals surface area contributed by atoms with Gasteiger partial charge in [-0.2, -0.15) is 11.2 Å². The maximum absolute atomic E-state index is 14.1. The number of carbonyl (C=O) groups is 4. The first kappa shape index (κ1) is 77.1. The molecule has 2 aromatic carbocycles. The molecule has 0 saturated carbocycles. The fourth-order valence-corrected chi connectivity index (χ4v) is 26.7. The van der Waals surface area contributed by atoms with E-state index in [1.807, 2.05) is 6.92 Å². The topological polar surface area (TPSA) is 204 Å². The predicted octanol–water partition coefficient (Wildman–Crippen LogP) is 13.9. The van der Waals surface area contributed by atoms with Crippen LogP contribution in [0.1, 0.15) is 137 Å². The van der Waals surface area contributed by atoms with Crippen LogP contribution >= 0.6 is 39.2 Å². The number of carbonyl (C=O) groups excluding carboxylic acids is 4. The summed E-state index contributed by atoms with van der Waals surface area (Å²) in [4.78, 5) is 47.4. The molecule has 2 aromatic heterocycles. The molecule has 0 amide bonds. The van der Waals surface area contributed by atoms with Gasteiger partial charge in [0.05, 0.1) is 49.9 Å². The van der Waals surface area contributed by atoms with Gasteiger partial charge < -0.3 is 37.9 Å². The molecule has 2 aliphatic heterocycles. The first-order valence-corrected chi connectivity index (χ1v) is 38.2. The summed E-state index contributed by atoms with van der Waals surface area (Å²) in [6, 6.07) is 2.11. The van der Waals surface area contributed by atoms with E-state index in [4.69, 9.17) is 50.0 Å². The van der Waals surface area contributed by atoms with Gasteiger partial charge in [0.2, 0.25) is 0 Å². The fraction of sp³-hybridized carbons (Fsp3) is 0.667. The Labute approximate surface area is 538 Å². The molecular weight excluding hydrogens is 1310 g/mol. The Morgan fingerprint density at radius 1 is 0.584 bits per heavy atom. The Morgan fingerprint density at radius 3 is 1.26 bits per heavy atom. The molecule has 4 heterocycles. The first-order chi connectivity index (χ1) is 41.6. The van der Waals surface area contributed by atoms with Crippen molar-refractivity contribution in [2.24, 2.45) is 11.8 Å². The van der Waals surface area contributed by atoms with E-state index in [1.54, 1.807) is 32.0 Å². The fourth-order valence-electron chi connectivity index (χ4n) is 12.0. The summed E-state index contributed by atoms with van der Waals surface area (Å²) < 4.78 is 131. The second kappa shape index (κ2) is 34.5. The molecule has 0 bridgehead atoms. The zero-order valence-corrected chi connectivity index (χ0v) is 59.3. The van der Waals surface area contributed by atoms with Crippen LogP contribution in [0.3, 0.4) is 0 Å². The largest absolute Gasteiger partial charge is 0.464 e. The SMILES string of the molecule is CC(C)[Si](S)(C(C)C)C(C)C.CCOC(=O)COC1C(Br)OC(COC(C)=O)C(C)C1n1cc(-c2cc(F)c(F)c(F)c2)nn1.CCOC(=O)COC1C(S[Si](C(C)C)(C(C)C)C(C)C)OC(COC(C)=O)C(C)C1n1cc(-c2cc(F)c(F)c(F)c2)nn1. The van der Waals surface area contributed by atoms with Crippen LogP contribution in [0, 0.1) is 46.7 Å². The third kappa shape index (κ3) is 19.6. The minimum absolute atomic E-state index is 0.00425. The van der Waals surface area contributed by atoms with Gasteiger partial charge in [-0.15, -0.1) is 10.2 Å². The number of halogens is 7. The molecule has 500 valence electrons. The number of ether oxygens (including phenoxy) is 8. The van der Waals surface area contributed by atoms with Crippen molar-refractivity contribution in [3.63, 3.8) is 0 Å². The molecule has 0 radical (unpaired) electrons. The number of nitrogens with zero attached hydrogens (tertiary/aromatic N) is 6. The lowest BCUT2D eigenvalue weighted by Crippen LogP contribution is -2.55. The number of hydrogen-bond acceptors (Lipinski definition) is 18. The Hall–Kier alpha value is -4.37. The van der Waals surface area contributed by atoms with Crippen molar-refractivity contribution in [3.05, 3.63) is 71.6 Å². The summed E-state index contributed by atoms with van der Waals surface area (Å²) in [6.07, 6.45) is 0.255. The molecule has 18 nitrogen and oxygen atoms in total. The van der Waals surface area contributed by atoms with Crippen LogP contribution in [-0.4, -0.2) is 143 Å². The molecule has 2 saturated heterocycles. The van der Waals surface area contributed by atoms with Crippen LogP contribution in [-0.2, 0) is 57.1 Å². The molecular formula is C60H89BrF6N6O12S2Si2. The highest BCUT2D eigenvalue weighted by molar-refractivity contribution is 9.09. The van der Waals surface area contributed by atoms with Crippen LogP contribution in [0.15, 0.2) is 36.7 Å². The number of esters is 4. The lowest BCUT2D eigenvalue weighted by Gasteiger charge is -2.50. The van der Waals surface area contributed by atoms with Crippen molar-refractivity contribution in [1.82, 2.24) is 30.0 Å². The molecule has 0 spiro atoms. The van der Waals surface area contributed by atoms with E-state index >= 15 is 0 Å². The van der Waals surface area contributed by atoms with Gasteiger partial charge in [0.15, 0.2) is 34.9 Å². The Balaban J connectivity index is 0.000000332. The monoisotopic (exact) mass is 1400 g/mol. The normalized spacial score (nSPS) is 22.2. The maximum atomic E-state index is 14.1. The van der Waals surface area contributed by atoms with Gasteiger partial charge in [-0.3, -0.25) is 9.59 Å². The van der Waals surface area contributed by atoms with E-state index in [-0.39, 0.29) is 74.0 Å². The molecule has 29 heteroatoms. The minimum atomic E-state index is -2.20. The second-order valence-electron chi connectivity index (χ2n) is 24.0.